The Labute approximate surface area is 158 Å². The molecule has 2 aromatic heterocycles. The Bertz CT molecular complexity index is 1020. The molecule has 2 heterocycles. The number of carbonyl (C=O) groups excluding carboxylic acids is 2. The monoisotopic (exact) mass is 389 g/mol. The van der Waals surface area contributed by atoms with Gasteiger partial charge < -0.3 is 15.4 Å². The summed E-state index contributed by atoms with van der Waals surface area (Å²) < 4.78 is 30.1. The van der Waals surface area contributed by atoms with Crippen LogP contribution in [-0.4, -0.2) is 39.7 Å². The quantitative estimate of drug-likeness (QED) is 0.674. The summed E-state index contributed by atoms with van der Waals surface area (Å²) >= 11 is 0. The second-order valence-electron chi connectivity index (χ2n) is 5.94. The zero-order valence-corrected chi connectivity index (χ0v) is 15.1. The van der Waals surface area contributed by atoms with E-state index in [2.05, 4.69) is 25.5 Å². The average molecular weight is 389 g/mol. The van der Waals surface area contributed by atoms with Gasteiger partial charge in [-0.3, -0.25) is 14.3 Å². The van der Waals surface area contributed by atoms with Crippen molar-refractivity contribution in [3.05, 3.63) is 47.8 Å². The third kappa shape index (κ3) is 4.40. The molecule has 0 spiro atoms. The van der Waals surface area contributed by atoms with E-state index in [1.807, 2.05) is 6.92 Å². The van der Waals surface area contributed by atoms with Crippen LogP contribution < -0.4 is 15.4 Å². The molecule has 2 N–H and O–H groups in total. The first-order chi connectivity index (χ1) is 13.3. The summed E-state index contributed by atoms with van der Waals surface area (Å²) in [4.78, 5) is 28.4. The molecule has 1 aromatic carbocycles. The summed E-state index contributed by atoms with van der Waals surface area (Å²) in [6.45, 7) is -1.36. The Hall–Kier alpha value is -3.56. The Morgan fingerprint density at radius 1 is 1.25 bits per heavy atom. The van der Waals surface area contributed by atoms with Crippen LogP contribution in [0.15, 0.2) is 36.5 Å². The highest BCUT2D eigenvalue weighted by atomic mass is 19.3. The summed E-state index contributed by atoms with van der Waals surface area (Å²) in [6.07, 6.45) is 1.50. The fourth-order valence-electron chi connectivity index (χ4n) is 2.63. The van der Waals surface area contributed by atoms with Crippen LogP contribution in [0.3, 0.4) is 0 Å². The van der Waals surface area contributed by atoms with E-state index in [1.165, 1.54) is 30.5 Å². The normalized spacial score (nSPS) is 10.9. The summed E-state index contributed by atoms with van der Waals surface area (Å²) in [5.74, 6) is -1.01. The molecule has 0 bridgehead atoms. The van der Waals surface area contributed by atoms with Crippen LogP contribution in [0.25, 0.3) is 11.0 Å². The molecule has 28 heavy (non-hydrogen) atoms. The van der Waals surface area contributed by atoms with Crippen LogP contribution >= 0.6 is 0 Å². The number of alkyl halides is 2. The summed E-state index contributed by atoms with van der Waals surface area (Å²) in [6, 6.07) is 6.91. The smallest absolute Gasteiger partial charge is 0.387 e. The number of nitrogens with one attached hydrogen (secondary N) is 2. The maximum absolute atomic E-state index is 12.1. The van der Waals surface area contributed by atoms with Gasteiger partial charge in [-0.05, 0) is 37.3 Å². The number of carbonyl (C=O) groups is 2. The van der Waals surface area contributed by atoms with Gasteiger partial charge >= 0.3 is 6.61 Å². The SMILES string of the molecule is Cc1nn(C)c2ncc(NC(=O)CNC(=O)c3ccc(OC(F)F)cc3)cc12. The van der Waals surface area contributed by atoms with Gasteiger partial charge in [-0.15, -0.1) is 0 Å². The van der Waals surface area contributed by atoms with Crippen LogP contribution in [0.1, 0.15) is 16.1 Å². The zero-order valence-electron chi connectivity index (χ0n) is 15.1. The molecule has 3 aromatic rings. The molecule has 0 aliphatic rings. The maximum Gasteiger partial charge on any atom is 0.387 e. The lowest BCUT2D eigenvalue weighted by Crippen LogP contribution is -2.32. The van der Waals surface area contributed by atoms with Crippen LogP contribution in [0.5, 0.6) is 5.75 Å². The highest BCUT2D eigenvalue weighted by Crippen LogP contribution is 2.19. The van der Waals surface area contributed by atoms with E-state index in [0.29, 0.717) is 11.3 Å². The number of hydrogen-bond acceptors (Lipinski definition) is 5. The predicted octanol–water partition coefficient (Wildman–Crippen LogP) is 2.25. The molecular formula is C18H17F2N5O3. The van der Waals surface area contributed by atoms with Crippen molar-refractivity contribution in [2.45, 2.75) is 13.5 Å². The highest BCUT2D eigenvalue weighted by molar-refractivity contribution is 5.99. The third-order valence-corrected chi connectivity index (χ3v) is 3.90. The molecular weight excluding hydrogens is 372 g/mol. The molecule has 0 saturated carbocycles. The van der Waals surface area contributed by atoms with Crippen LogP contribution in [0.2, 0.25) is 0 Å². The van der Waals surface area contributed by atoms with Gasteiger partial charge in [-0.2, -0.15) is 13.9 Å². The summed E-state index contributed by atoms with van der Waals surface area (Å²) in [5, 5.41) is 10.2. The average Bonchev–Trinajstić information content (AvgIpc) is 2.93. The Morgan fingerprint density at radius 3 is 2.64 bits per heavy atom. The summed E-state index contributed by atoms with van der Waals surface area (Å²) in [5.41, 5.74) is 2.18. The molecule has 0 atom stereocenters. The number of halogens is 2. The molecule has 0 saturated heterocycles. The van der Waals surface area contributed by atoms with E-state index in [4.69, 9.17) is 0 Å². The van der Waals surface area contributed by atoms with Gasteiger partial charge in [0.05, 0.1) is 24.1 Å². The number of anilines is 1. The molecule has 0 unspecified atom stereocenters. The Kier molecular flexibility index (Phi) is 5.48. The van der Waals surface area contributed by atoms with Gasteiger partial charge in [-0.1, -0.05) is 0 Å². The van der Waals surface area contributed by atoms with Gasteiger partial charge in [0.1, 0.15) is 5.75 Å². The first kappa shape index (κ1) is 19.2. The molecule has 8 nitrogen and oxygen atoms in total. The van der Waals surface area contributed by atoms with Gasteiger partial charge in [0.15, 0.2) is 5.65 Å². The van der Waals surface area contributed by atoms with Crippen LogP contribution in [-0.2, 0) is 11.8 Å². The lowest BCUT2D eigenvalue weighted by Gasteiger charge is -2.08. The van der Waals surface area contributed by atoms with Crippen molar-refractivity contribution in [2.24, 2.45) is 7.05 Å². The van der Waals surface area contributed by atoms with Crippen molar-refractivity contribution in [1.29, 1.82) is 0 Å². The van der Waals surface area contributed by atoms with Crippen molar-refractivity contribution in [1.82, 2.24) is 20.1 Å². The number of nitrogens with zero attached hydrogens (tertiary/aromatic N) is 3. The second kappa shape index (κ2) is 7.99. The van der Waals surface area contributed by atoms with Gasteiger partial charge in [0.25, 0.3) is 5.91 Å². The number of ether oxygens (including phenoxy) is 1. The number of pyridine rings is 1. The van der Waals surface area contributed by atoms with Gasteiger partial charge in [0.2, 0.25) is 5.91 Å². The molecule has 146 valence electrons. The number of fused-ring (bicyclic) bond motifs is 1. The largest absolute Gasteiger partial charge is 0.435 e. The summed E-state index contributed by atoms with van der Waals surface area (Å²) in [7, 11) is 1.78. The van der Waals surface area contributed by atoms with Crippen molar-refractivity contribution in [3.8, 4) is 5.75 Å². The van der Waals surface area contributed by atoms with Gasteiger partial charge in [0, 0.05) is 18.0 Å². The number of rotatable bonds is 6. The number of amides is 2. The fourth-order valence-corrected chi connectivity index (χ4v) is 2.63. The van der Waals surface area contributed by atoms with E-state index < -0.39 is 18.4 Å². The zero-order chi connectivity index (χ0) is 20.3. The number of benzene rings is 1. The molecule has 0 aliphatic carbocycles. The third-order valence-electron chi connectivity index (χ3n) is 3.90. The second-order valence-corrected chi connectivity index (χ2v) is 5.94. The fraction of sp³-hybridized carbons (Fsp3) is 0.222. The van der Waals surface area contributed by atoms with Gasteiger partial charge in [-0.25, -0.2) is 4.98 Å². The Morgan fingerprint density at radius 2 is 1.96 bits per heavy atom. The molecule has 3 rings (SSSR count). The molecule has 10 heteroatoms. The predicted molar refractivity (Wildman–Crippen MR) is 97.3 cm³/mol. The lowest BCUT2D eigenvalue weighted by atomic mass is 10.2. The maximum atomic E-state index is 12.1. The molecule has 2 amide bonds. The van der Waals surface area contributed by atoms with Crippen molar-refractivity contribution in [3.63, 3.8) is 0 Å². The van der Waals surface area contributed by atoms with Crippen molar-refractivity contribution < 1.29 is 23.1 Å². The minimum atomic E-state index is -2.94. The van der Waals surface area contributed by atoms with E-state index in [-0.39, 0.29) is 17.9 Å². The number of hydrogen-bond donors (Lipinski definition) is 2. The van der Waals surface area contributed by atoms with Crippen LogP contribution in [0, 0.1) is 6.92 Å². The molecule has 0 radical (unpaired) electrons. The number of aromatic nitrogens is 3. The lowest BCUT2D eigenvalue weighted by molar-refractivity contribution is -0.115. The minimum absolute atomic E-state index is 0.0575. The molecule has 0 aliphatic heterocycles. The van der Waals surface area contributed by atoms with Crippen molar-refractivity contribution in [2.75, 3.05) is 11.9 Å². The van der Waals surface area contributed by atoms with E-state index in [1.54, 1.807) is 17.8 Å². The first-order valence-electron chi connectivity index (χ1n) is 8.26. The number of aryl methyl sites for hydroxylation is 2. The first-order valence-corrected chi connectivity index (χ1v) is 8.26. The van der Waals surface area contributed by atoms with Crippen LogP contribution in [0.4, 0.5) is 14.5 Å². The minimum Gasteiger partial charge on any atom is -0.435 e. The Balaban J connectivity index is 1.56. The van der Waals surface area contributed by atoms with E-state index >= 15 is 0 Å². The topological polar surface area (TPSA) is 98.1 Å². The highest BCUT2D eigenvalue weighted by Gasteiger charge is 2.12. The van der Waals surface area contributed by atoms with E-state index in [9.17, 15) is 18.4 Å². The standard InChI is InChI=1S/C18H17F2N5O3/c1-10-14-7-12(8-21-16(14)25(2)24-10)23-15(26)9-22-17(27)11-3-5-13(6-4-11)28-18(19)20/h3-8,18H,9H2,1-2H3,(H,22,27)(H,23,26). The van der Waals surface area contributed by atoms with Crippen molar-refractivity contribution >= 4 is 28.5 Å². The molecule has 0 fully saturated rings. The van der Waals surface area contributed by atoms with E-state index in [0.717, 1.165) is 11.1 Å².